The first kappa shape index (κ1) is 21.8. The molecule has 4 heteroatoms. The lowest BCUT2D eigenvalue weighted by atomic mass is 9.86. The molecule has 0 aliphatic rings. The number of hydrogen-bond donors (Lipinski definition) is 1. The van der Waals surface area contributed by atoms with E-state index in [9.17, 15) is 9.59 Å². The van der Waals surface area contributed by atoms with Crippen LogP contribution in [0.2, 0.25) is 5.02 Å². The Kier molecular flexibility index (Phi) is 6.73. The van der Waals surface area contributed by atoms with Crippen molar-refractivity contribution >= 4 is 29.0 Å². The number of amides is 1. The van der Waals surface area contributed by atoms with Crippen molar-refractivity contribution in [3.05, 3.63) is 100 Å². The van der Waals surface area contributed by atoms with Crippen LogP contribution < -0.4 is 5.32 Å². The molecular formula is C26H26ClNO2. The van der Waals surface area contributed by atoms with Crippen LogP contribution in [0.3, 0.4) is 0 Å². The molecule has 0 bridgehead atoms. The molecule has 0 aliphatic carbocycles. The molecule has 0 spiro atoms. The van der Waals surface area contributed by atoms with Crippen molar-refractivity contribution in [2.45, 2.75) is 39.0 Å². The molecule has 0 atom stereocenters. The number of halogens is 1. The Labute approximate surface area is 183 Å². The minimum absolute atomic E-state index is 0.103. The average Bonchev–Trinajstić information content (AvgIpc) is 2.73. The van der Waals surface area contributed by atoms with Crippen molar-refractivity contribution < 1.29 is 9.59 Å². The quantitative estimate of drug-likeness (QED) is 0.467. The van der Waals surface area contributed by atoms with Crippen LogP contribution in [-0.4, -0.2) is 11.7 Å². The van der Waals surface area contributed by atoms with Crippen LogP contribution in [0, 0.1) is 0 Å². The van der Waals surface area contributed by atoms with Gasteiger partial charge in [-0.2, -0.15) is 0 Å². The second kappa shape index (κ2) is 9.27. The highest BCUT2D eigenvalue weighted by Gasteiger charge is 2.16. The normalized spacial score (nSPS) is 11.2. The lowest BCUT2D eigenvalue weighted by molar-refractivity contribution is -0.116. The van der Waals surface area contributed by atoms with Crippen LogP contribution in [-0.2, 0) is 16.6 Å². The number of hydrogen-bond acceptors (Lipinski definition) is 2. The van der Waals surface area contributed by atoms with Gasteiger partial charge in [-0.25, -0.2) is 0 Å². The monoisotopic (exact) mass is 419 g/mol. The van der Waals surface area contributed by atoms with Crippen molar-refractivity contribution in [1.82, 2.24) is 0 Å². The number of ketones is 1. The van der Waals surface area contributed by atoms with E-state index in [4.69, 9.17) is 11.6 Å². The highest BCUT2D eigenvalue weighted by molar-refractivity contribution is 6.31. The molecule has 3 nitrogen and oxygen atoms in total. The zero-order valence-electron chi connectivity index (χ0n) is 17.5. The molecule has 30 heavy (non-hydrogen) atoms. The average molecular weight is 420 g/mol. The smallest absolute Gasteiger partial charge is 0.224 e. The largest absolute Gasteiger partial charge is 0.325 e. The van der Waals surface area contributed by atoms with Gasteiger partial charge < -0.3 is 5.32 Å². The number of nitrogens with one attached hydrogen (secondary N) is 1. The second-order valence-electron chi connectivity index (χ2n) is 8.38. The van der Waals surface area contributed by atoms with E-state index in [-0.39, 0.29) is 17.1 Å². The maximum Gasteiger partial charge on any atom is 0.224 e. The maximum absolute atomic E-state index is 12.9. The molecule has 0 saturated heterocycles. The fraction of sp³-hybridized carbons (Fsp3) is 0.231. The summed E-state index contributed by atoms with van der Waals surface area (Å²) in [7, 11) is 0. The van der Waals surface area contributed by atoms with E-state index in [1.807, 2.05) is 6.07 Å². The summed E-state index contributed by atoms with van der Waals surface area (Å²) >= 11 is 6.11. The molecule has 3 rings (SSSR count). The van der Waals surface area contributed by atoms with E-state index < -0.39 is 0 Å². The molecule has 0 heterocycles. The van der Waals surface area contributed by atoms with E-state index in [0.717, 1.165) is 5.56 Å². The molecule has 1 amide bonds. The van der Waals surface area contributed by atoms with Crippen molar-refractivity contribution in [3.8, 4) is 0 Å². The zero-order valence-corrected chi connectivity index (χ0v) is 18.3. The summed E-state index contributed by atoms with van der Waals surface area (Å²) in [6.45, 7) is 6.53. The summed E-state index contributed by atoms with van der Waals surface area (Å²) < 4.78 is 0. The first-order chi connectivity index (χ1) is 14.2. The van der Waals surface area contributed by atoms with E-state index in [2.05, 4.69) is 50.4 Å². The molecule has 0 radical (unpaired) electrons. The summed E-state index contributed by atoms with van der Waals surface area (Å²) in [6.07, 6.45) is 0.961. The second-order valence-corrected chi connectivity index (χ2v) is 8.82. The van der Waals surface area contributed by atoms with Crippen LogP contribution in [0.4, 0.5) is 5.69 Å². The fourth-order valence-electron chi connectivity index (χ4n) is 3.20. The van der Waals surface area contributed by atoms with Crippen LogP contribution in [0.1, 0.15) is 54.2 Å². The summed E-state index contributed by atoms with van der Waals surface area (Å²) in [5, 5.41) is 3.33. The minimum Gasteiger partial charge on any atom is -0.325 e. The van der Waals surface area contributed by atoms with Crippen LogP contribution in [0.15, 0.2) is 72.8 Å². The Morgan fingerprint density at radius 2 is 1.57 bits per heavy atom. The van der Waals surface area contributed by atoms with Gasteiger partial charge in [0.1, 0.15) is 0 Å². The summed E-state index contributed by atoms with van der Waals surface area (Å²) in [5.41, 5.74) is 3.88. The molecule has 3 aromatic carbocycles. The fourth-order valence-corrected chi connectivity index (χ4v) is 3.37. The zero-order chi connectivity index (χ0) is 21.7. The molecule has 0 aliphatic heterocycles. The number of rotatable bonds is 6. The molecule has 0 unspecified atom stereocenters. The first-order valence-corrected chi connectivity index (χ1v) is 10.4. The number of anilines is 1. The van der Waals surface area contributed by atoms with Crippen molar-refractivity contribution in [1.29, 1.82) is 0 Å². The Balaban J connectivity index is 1.69. The molecular weight excluding hydrogens is 394 g/mol. The lowest BCUT2D eigenvalue weighted by Gasteiger charge is -2.19. The molecule has 154 valence electrons. The Bertz CT molecular complexity index is 1030. The Morgan fingerprint density at radius 3 is 2.20 bits per heavy atom. The predicted molar refractivity (Wildman–Crippen MR) is 123 cm³/mol. The summed E-state index contributed by atoms with van der Waals surface area (Å²) in [6, 6.07) is 22.3. The standard InChI is InChI=1S/C26H26ClNO2/c1-26(2,3)20-12-9-18(10-13-20)11-16-24(29)28-23-15-14-21(27)17-22(23)25(30)19-7-5-4-6-8-19/h4-10,12-15,17H,11,16H2,1-3H3,(H,28,29). The maximum atomic E-state index is 12.9. The van der Waals surface area contributed by atoms with Gasteiger partial charge in [-0.3, -0.25) is 9.59 Å². The third-order valence-corrected chi connectivity index (χ3v) is 5.23. The van der Waals surface area contributed by atoms with E-state index >= 15 is 0 Å². The molecule has 1 N–H and O–H groups in total. The van der Waals surface area contributed by atoms with Crippen molar-refractivity contribution in [2.75, 3.05) is 5.32 Å². The van der Waals surface area contributed by atoms with Gasteiger partial charge >= 0.3 is 0 Å². The van der Waals surface area contributed by atoms with Gasteiger partial charge in [0, 0.05) is 22.6 Å². The number of aryl methyl sites for hydroxylation is 1. The Hall–Kier alpha value is -2.91. The molecule has 3 aromatic rings. The van der Waals surface area contributed by atoms with Gasteiger partial charge in [0.25, 0.3) is 0 Å². The van der Waals surface area contributed by atoms with Gasteiger partial charge in [-0.1, -0.05) is 87.0 Å². The topological polar surface area (TPSA) is 46.2 Å². The molecule has 0 fully saturated rings. The first-order valence-electron chi connectivity index (χ1n) is 10.0. The van der Waals surface area contributed by atoms with E-state index in [1.165, 1.54) is 5.56 Å². The highest BCUT2D eigenvalue weighted by Crippen LogP contribution is 2.25. The third-order valence-electron chi connectivity index (χ3n) is 5.00. The van der Waals surface area contributed by atoms with Gasteiger partial charge in [0.05, 0.1) is 5.69 Å². The lowest BCUT2D eigenvalue weighted by Crippen LogP contribution is -2.16. The summed E-state index contributed by atoms with van der Waals surface area (Å²) in [4.78, 5) is 25.4. The highest BCUT2D eigenvalue weighted by atomic mass is 35.5. The third kappa shape index (κ3) is 5.58. The van der Waals surface area contributed by atoms with Crippen molar-refractivity contribution in [2.24, 2.45) is 0 Å². The molecule has 0 saturated carbocycles. The minimum atomic E-state index is -0.175. The predicted octanol–water partition coefficient (Wildman–Crippen LogP) is 6.44. The Morgan fingerprint density at radius 1 is 0.900 bits per heavy atom. The van der Waals surface area contributed by atoms with Crippen molar-refractivity contribution in [3.63, 3.8) is 0 Å². The SMILES string of the molecule is CC(C)(C)c1ccc(CCC(=O)Nc2ccc(Cl)cc2C(=O)c2ccccc2)cc1. The van der Waals surface area contributed by atoms with Gasteiger partial charge in [-0.05, 0) is 41.2 Å². The van der Waals surface area contributed by atoms with Crippen LogP contribution >= 0.6 is 11.6 Å². The van der Waals surface area contributed by atoms with Crippen LogP contribution in [0.25, 0.3) is 0 Å². The van der Waals surface area contributed by atoms with E-state index in [0.29, 0.717) is 34.7 Å². The van der Waals surface area contributed by atoms with Gasteiger partial charge in [0.15, 0.2) is 5.78 Å². The molecule has 0 aromatic heterocycles. The summed E-state index contributed by atoms with van der Waals surface area (Å²) in [5.74, 6) is -0.314. The number of benzene rings is 3. The van der Waals surface area contributed by atoms with Gasteiger partial charge in [0.2, 0.25) is 5.91 Å². The van der Waals surface area contributed by atoms with Gasteiger partial charge in [-0.15, -0.1) is 0 Å². The number of carbonyl (C=O) groups is 2. The van der Waals surface area contributed by atoms with Crippen LogP contribution in [0.5, 0.6) is 0 Å². The number of carbonyl (C=O) groups excluding carboxylic acids is 2. The van der Waals surface area contributed by atoms with E-state index in [1.54, 1.807) is 42.5 Å².